The Morgan fingerprint density at radius 1 is 0.298 bits per heavy atom. The zero-order chi connectivity index (χ0) is 37.7. The summed E-state index contributed by atoms with van der Waals surface area (Å²) in [6.07, 6.45) is 0. The molecule has 0 bridgehead atoms. The van der Waals surface area contributed by atoms with Gasteiger partial charge in [-0.15, -0.1) is 0 Å². The molecule has 3 heteroatoms. The van der Waals surface area contributed by atoms with Gasteiger partial charge in [0.15, 0.2) is 0 Å². The summed E-state index contributed by atoms with van der Waals surface area (Å²) >= 11 is 0. The molecule has 0 radical (unpaired) electrons. The van der Waals surface area contributed by atoms with E-state index in [2.05, 4.69) is 216 Å². The number of hydrogen-bond donors (Lipinski definition) is 0. The van der Waals surface area contributed by atoms with Crippen LogP contribution < -0.4 is 4.90 Å². The molecule has 0 aliphatic carbocycles. The van der Waals surface area contributed by atoms with E-state index < -0.39 is 0 Å². The molecule has 0 N–H and O–H groups in total. The number of rotatable bonds is 7. The highest BCUT2D eigenvalue weighted by Gasteiger charge is 2.19. The Hall–Kier alpha value is -7.62. The van der Waals surface area contributed by atoms with Crippen LogP contribution in [-0.2, 0) is 0 Å². The molecule has 11 aromatic rings. The minimum atomic E-state index is 0.864. The maximum atomic E-state index is 6.44. The number of fused-ring (bicyclic) bond motifs is 6. The minimum absolute atomic E-state index is 0.864. The van der Waals surface area contributed by atoms with Crippen molar-refractivity contribution in [1.82, 2.24) is 4.57 Å². The van der Waals surface area contributed by atoms with Gasteiger partial charge in [-0.05, 0) is 118 Å². The normalized spacial score (nSPS) is 11.5. The molecule has 11 rings (SSSR count). The lowest BCUT2D eigenvalue weighted by Gasteiger charge is -2.26. The van der Waals surface area contributed by atoms with Gasteiger partial charge in [0.05, 0.1) is 11.0 Å². The number of hydrogen-bond acceptors (Lipinski definition) is 2. The lowest BCUT2D eigenvalue weighted by atomic mass is 9.93. The molecule has 0 aliphatic rings. The van der Waals surface area contributed by atoms with Crippen molar-refractivity contribution in [2.75, 3.05) is 4.90 Å². The third-order valence-electron chi connectivity index (χ3n) is 11.2. The molecule has 2 heterocycles. The Labute approximate surface area is 330 Å². The van der Waals surface area contributed by atoms with Crippen LogP contribution in [0.2, 0.25) is 0 Å². The van der Waals surface area contributed by atoms with E-state index in [1.165, 1.54) is 49.6 Å². The standard InChI is InChI=1S/C54H36N2O/c1-4-14-37(15-5-1)40-32-41(38-16-6-2-7-17-38)34-42(33-40)39-24-26-44(27-25-39)55(46-28-30-49-48-21-11-13-23-53(48)57-54(49)36-46)45-29-31-52-50(35-45)47-20-10-12-22-51(47)56(52)43-18-8-3-9-19-43/h1-36H. The number of anilines is 3. The smallest absolute Gasteiger partial charge is 0.137 e. The second-order valence-corrected chi connectivity index (χ2v) is 14.6. The average Bonchev–Trinajstić information content (AvgIpc) is 3.83. The molecular formula is C54H36N2O. The molecule has 0 unspecified atom stereocenters. The van der Waals surface area contributed by atoms with E-state index in [1.807, 2.05) is 12.1 Å². The summed E-state index contributed by atoms with van der Waals surface area (Å²) in [5, 5.41) is 4.65. The van der Waals surface area contributed by atoms with Gasteiger partial charge in [0.1, 0.15) is 11.2 Å². The molecule has 0 saturated heterocycles. The van der Waals surface area contributed by atoms with Crippen molar-refractivity contribution in [2.45, 2.75) is 0 Å². The second kappa shape index (κ2) is 13.6. The van der Waals surface area contributed by atoms with E-state index in [-0.39, 0.29) is 0 Å². The molecular weight excluding hydrogens is 693 g/mol. The van der Waals surface area contributed by atoms with E-state index in [1.54, 1.807) is 0 Å². The third kappa shape index (κ3) is 5.76. The lowest BCUT2D eigenvalue weighted by Crippen LogP contribution is -2.09. The summed E-state index contributed by atoms with van der Waals surface area (Å²) in [6.45, 7) is 0. The fourth-order valence-electron chi connectivity index (χ4n) is 8.45. The molecule has 0 amide bonds. The summed E-state index contributed by atoms with van der Waals surface area (Å²) in [7, 11) is 0. The summed E-state index contributed by atoms with van der Waals surface area (Å²) in [4.78, 5) is 2.35. The van der Waals surface area contributed by atoms with Gasteiger partial charge in [-0.25, -0.2) is 0 Å². The Morgan fingerprint density at radius 3 is 1.47 bits per heavy atom. The first kappa shape index (κ1) is 32.8. The molecule has 57 heavy (non-hydrogen) atoms. The van der Waals surface area contributed by atoms with Crippen LogP contribution in [0.5, 0.6) is 0 Å². The van der Waals surface area contributed by atoms with Crippen LogP contribution >= 0.6 is 0 Å². The molecule has 0 atom stereocenters. The number of aromatic nitrogens is 1. The van der Waals surface area contributed by atoms with Crippen LogP contribution in [0.15, 0.2) is 223 Å². The van der Waals surface area contributed by atoms with Crippen LogP contribution in [0, 0.1) is 0 Å². The van der Waals surface area contributed by atoms with Gasteiger partial charge in [-0.1, -0.05) is 127 Å². The maximum Gasteiger partial charge on any atom is 0.137 e. The van der Waals surface area contributed by atoms with Crippen LogP contribution in [0.3, 0.4) is 0 Å². The molecule has 9 aromatic carbocycles. The highest BCUT2D eigenvalue weighted by Crippen LogP contribution is 2.42. The first-order valence-electron chi connectivity index (χ1n) is 19.4. The number of para-hydroxylation sites is 3. The van der Waals surface area contributed by atoms with Crippen molar-refractivity contribution in [3.05, 3.63) is 218 Å². The summed E-state index contributed by atoms with van der Waals surface area (Å²) < 4.78 is 8.80. The van der Waals surface area contributed by atoms with Crippen LogP contribution in [-0.4, -0.2) is 4.57 Å². The molecule has 268 valence electrons. The summed E-state index contributed by atoms with van der Waals surface area (Å²) in [6, 6.07) is 78.2. The van der Waals surface area contributed by atoms with Crippen molar-refractivity contribution < 1.29 is 4.42 Å². The largest absolute Gasteiger partial charge is 0.456 e. The molecule has 0 saturated carbocycles. The van der Waals surface area contributed by atoms with Crippen molar-refractivity contribution in [3.63, 3.8) is 0 Å². The van der Waals surface area contributed by atoms with Crippen molar-refractivity contribution in [2.24, 2.45) is 0 Å². The van der Waals surface area contributed by atoms with Crippen LogP contribution in [0.1, 0.15) is 0 Å². The van der Waals surface area contributed by atoms with Gasteiger partial charge < -0.3 is 13.9 Å². The van der Waals surface area contributed by atoms with E-state index in [9.17, 15) is 0 Å². The topological polar surface area (TPSA) is 21.3 Å². The number of nitrogens with zero attached hydrogens (tertiary/aromatic N) is 2. The SMILES string of the molecule is c1ccc(-c2cc(-c3ccccc3)cc(-c3ccc(N(c4ccc5c(c4)oc4ccccc45)c4ccc5c(c4)c4ccccc4n5-c4ccccc4)cc3)c2)cc1. The average molecular weight is 729 g/mol. The Balaban J connectivity index is 1.07. The third-order valence-corrected chi connectivity index (χ3v) is 11.2. The first-order chi connectivity index (χ1) is 28.2. The van der Waals surface area contributed by atoms with Crippen molar-refractivity contribution >= 4 is 60.8 Å². The Kier molecular flexibility index (Phi) is 7.82. The minimum Gasteiger partial charge on any atom is -0.456 e. The predicted molar refractivity (Wildman–Crippen MR) is 239 cm³/mol. The fraction of sp³-hybridized carbons (Fsp3) is 0. The first-order valence-corrected chi connectivity index (χ1v) is 19.4. The monoisotopic (exact) mass is 728 g/mol. The van der Waals surface area contributed by atoms with Crippen LogP contribution in [0.4, 0.5) is 17.1 Å². The lowest BCUT2D eigenvalue weighted by molar-refractivity contribution is 0.669. The zero-order valence-electron chi connectivity index (χ0n) is 31.1. The van der Waals surface area contributed by atoms with Crippen LogP contribution in [0.25, 0.3) is 82.8 Å². The highest BCUT2D eigenvalue weighted by molar-refractivity contribution is 6.11. The molecule has 0 aliphatic heterocycles. The van der Waals surface area contributed by atoms with Crippen molar-refractivity contribution in [3.8, 4) is 39.1 Å². The summed E-state index contributed by atoms with van der Waals surface area (Å²) in [5.74, 6) is 0. The van der Waals surface area contributed by atoms with Crippen molar-refractivity contribution in [1.29, 1.82) is 0 Å². The number of furan rings is 1. The van der Waals surface area contributed by atoms with E-state index in [4.69, 9.17) is 4.42 Å². The Morgan fingerprint density at radius 2 is 0.789 bits per heavy atom. The van der Waals surface area contributed by atoms with E-state index in [0.717, 1.165) is 50.3 Å². The zero-order valence-corrected chi connectivity index (χ0v) is 31.1. The van der Waals surface area contributed by atoms with Gasteiger partial charge in [-0.3, -0.25) is 0 Å². The van der Waals surface area contributed by atoms with E-state index in [0.29, 0.717) is 0 Å². The second-order valence-electron chi connectivity index (χ2n) is 14.6. The Bertz CT molecular complexity index is 3160. The molecule has 2 aromatic heterocycles. The maximum absolute atomic E-state index is 6.44. The van der Waals surface area contributed by atoms with Gasteiger partial charge in [-0.2, -0.15) is 0 Å². The molecule has 3 nitrogen and oxygen atoms in total. The molecule has 0 spiro atoms. The van der Waals surface area contributed by atoms with Gasteiger partial charge >= 0.3 is 0 Å². The quantitative estimate of drug-likeness (QED) is 0.163. The highest BCUT2D eigenvalue weighted by atomic mass is 16.3. The predicted octanol–water partition coefficient (Wildman–Crippen LogP) is 15.2. The number of benzene rings is 9. The fourth-order valence-corrected chi connectivity index (χ4v) is 8.45. The molecule has 0 fully saturated rings. The van der Waals surface area contributed by atoms with Gasteiger partial charge in [0.2, 0.25) is 0 Å². The van der Waals surface area contributed by atoms with Gasteiger partial charge in [0.25, 0.3) is 0 Å². The van der Waals surface area contributed by atoms with E-state index >= 15 is 0 Å². The van der Waals surface area contributed by atoms with Gasteiger partial charge in [0, 0.05) is 50.4 Å². The summed E-state index contributed by atoms with van der Waals surface area (Å²) in [5.41, 5.74) is 15.5.